The van der Waals surface area contributed by atoms with Crippen molar-refractivity contribution in [3.63, 3.8) is 0 Å². The van der Waals surface area contributed by atoms with Gasteiger partial charge in [-0.05, 0) is 51.8 Å². The van der Waals surface area contributed by atoms with Crippen LogP contribution in [0.25, 0.3) is 0 Å². The van der Waals surface area contributed by atoms with Crippen LogP contribution >= 0.6 is 0 Å². The van der Waals surface area contributed by atoms with Crippen LogP contribution in [0.15, 0.2) is 18.2 Å². The minimum Gasteiger partial charge on any atom is -0.493 e. The van der Waals surface area contributed by atoms with Crippen molar-refractivity contribution in [1.82, 2.24) is 5.32 Å². The molecule has 0 aliphatic heterocycles. The topological polar surface area (TPSA) is 94.1 Å². The van der Waals surface area contributed by atoms with E-state index in [1.54, 1.807) is 39.0 Å². The number of aliphatic carboxylic acids is 1. The number of carboxylic acid groups (broad SMARTS) is 1. The molecule has 2 atom stereocenters. The van der Waals surface area contributed by atoms with Crippen molar-refractivity contribution >= 4 is 12.1 Å². The Morgan fingerprint density at radius 2 is 1.88 bits per heavy atom. The number of hydrogen-bond donors (Lipinski definition) is 2. The average Bonchev–Trinajstić information content (AvgIpc) is 2.53. The fraction of sp³-hybridized carbons (Fsp3) is 0.579. The first kappa shape index (κ1) is 21.6. The molecule has 0 aliphatic rings. The molecule has 0 heterocycles. The predicted molar refractivity (Wildman–Crippen MR) is 97.9 cm³/mol. The lowest BCUT2D eigenvalue weighted by Crippen LogP contribution is -2.44. The molecule has 2 unspecified atom stereocenters. The number of ether oxygens (including phenoxy) is 3. The van der Waals surface area contributed by atoms with Gasteiger partial charge < -0.3 is 24.6 Å². The van der Waals surface area contributed by atoms with Gasteiger partial charge in [0, 0.05) is 6.42 Å². The number of nitrogens with one attached hydrogen (secondary N) is 1. The van der Waals surface area contributed by atoms with Gasteiger partial charge in [-0.1, -0.05) is 13.0 Å². The van der Waals surface area contributed by atoms with E-state index in [-0.39, 0.29) is 12.5 Å². The molecule has 1 aromatic carbocycles. The van der Waals surface area contributed by atoms with Crippen LogP contribution in [-0.4, -0.2) is 42.0 Å². The maximum absolute atomic E-state index is 11.9. The van der Waals surface area contributed by atoms with Crippen molar-refractivity contribution in [1.29, 1.82) is 0 Å². The fourth-order valence-electron chi connectivity index (χ4n) is 2.12. The summed E-state index contributed by atoms with van der Waals surface area (Å²) in [7, 11) is 1.52. The van der Waals surface area contributed by atoms with Crippen LogP contribution in [0.2, 0.25) is 0 Å². The van der Waals surface area contributed by atoms with Gasteiger partial charge >= 0.3 is 12.1 Å². The summed E-state index contributed by atoms with van der Waals surface area (Å²) >= 11 is 0. The molecule has 0 saturated heterocycles. The summed E-state index contributed by atoms with van der Waals surface area (Å²) in [6.07, 6.45) is 0.212. The van der Waals surface area contributed by atoms with Gasteiger partial charge in [-0.15, -0.1) is 0 Å². The molecular weight excluding hydrogens is 338 g/mol. The summed E-state index contributed by atoms with van der Waals surface area (Å²) in [4.78, 5) is 23.3. The molecule has 0 bridgehead atoms. The Labute approximate surface area is 154 Å². The highest BCUT2D eigenvalue weighted by Crippen LogP contribution is 2.29. The molecule has 146 valence electrons. The summed E-state index contributed by atoms with van der Waals surface area (Å²) in [5, 5.41) is 11.8. The first-order chi connectivity index (χ1) is 12.1. The van der Waals surface area contributed by atoms with E-state index in [9.17, 15) is 14.7 Å². The average molecular weight is 367 g/mol. The third-order valence-corrected chi connectivity index (χ3v) is 3.56. The quantitative estimate of drug-likeness (QED) is 0.731. The second-order valence-corrected chi connectivity index (χ2v) is 7.06. The van der Waals surface area contributed by atoms with E-state index in [2.05, 4.69) is 5.32 Å². The van der Waals surface area contributed by atoms with E-state index in [1.807, 2.05) is 13.8 Å². The van der Waals surface area contributed by atoms with E-state index >= 15 is 0 Å². The number of hydrogen-bond acceptors (Lipinski definition) is 5. The summed E-state index contributed by atoms with van der Waals surface area (Å²) < 4.78 is 16.2. The molecule has 1 aromatic rings. The van der Waals surface area contributed by atoms with Gasteiger partial charge in [-0.2, -0.15) is 0 Å². The Bertz CT molecular complexity index is 623. The third-order valence-electron chi connectivity index (χ3n) is 3.56. The highest BCUT2D eigenvalue weighted by atomic mass is 16.6. The number of carbonyl (C=O) groups is 2. The number of rotatable bonds is 8. The van der Waals surface area contributed by atoms with Crippen LogP contribution in [-0.2, 0) is 16.0 Å². The van der Waals surface area contributed by atoms with Gasteiger partial charge in [-0.3, -0.25) is 0 Å². The van der Waals surface area contributed by atoms with Gasteiger partial charge in [0.2, 0.25) is 0 Å². The number of methoxy groups -OCH3 is 1. The maximum Gasteiger partial charge on any atom is 0.408 e. The molecule has 0 fully saturated rings. The van der Waals surface area contributed by atoms with Crippen LogP contribution < -0.4 is 14.8 Å². The lowest BCUT2D eigenvalue weighted by Gasteiger charge is -2.22. The van der Waals surface area contributed by atoms with Crippen LogP contribution in [0, 0.1) is 0 Å². The maximum atomic E-state index is 11.9. The Morgan fingerprint density at radius 3 is 2.38 bits per heavy atom. The predicted octanol–water partition coefficient (Wildman–Crippen LogP) is 3.39. The Kier molecular flexibility index (Phi) is 7.74. The normalized spacial score (nSPS) is 13.5. The molecule has 1 amide bonds. The molecule has 0 aromatic heterocycles. The number of carboxylic acids is 1. The van der Waals surface area contributed by atoms with Crippen molar-refractivity contribution in [3.8, 4) is 11.5 Å². The number of carbonyl (C=O) groups excluding carboxylic acids is 1. The minimum atomic E-state index is -1.14. The van der Waals surface area contributed by atoms with E-state index < -0.39 is 23.7 Å². The smallest absolute Gasteiger partial charge is 0.408 e. The highest BCUT2D eigenvalue weighted by molar-refractivity contribution is 5.80. The Balaban J connectivity index is 2.88. The molecule has 1 rings (SSSR count). The van der Waals surface area contributed by atoms with Crippen LogP contribution in [0.3, 0.4) is 0 Å². The Hall–Kier alpha value is -2.44. The van der Waals surface area contributed by atoms with Gasteiger partial charge in [-0.25, -0.2) is 9.59 Å². The fourth-order valence-corrected chi connectivity index (χ4v) is 2.12. The highest BCUT2D eigenvalue weighted by Gasteiger charge is 2.24. The number of benzene rings is 1. The molecule has 7 nitrogen and oxygen atoms in total. The van der Waals surface area contributed by atoms with E-state index in [1.165, 1.54) is 7.11 Å². The van der Waals surface area contributed by atoms with Gasteiger partial charge in [0.15, 0.2) is 11.5 Å². The summed E-state index contributed by atoms with van der Waals surface area (Å²) in [6.45, 7) is 9.11. The summed E-state index contributed by atoms with van der Waals surface area (Å²) in [5.41, 5.74) is -0.00694. The second-order valence-electron chi connectivity index (χ2n) is 7.06. The first-order valence-corrected chi connectivity index (χ1v) is 8.61. The largest absolute Gasteiger partial charge is 0.493 e. The third kappa shape index (κ3) is 7.21. The molecule has 0 saturated carbocycles. The van der Waals surface area contributed by atoms with Gasteiger partial charge in [0.1, 0.15) is 11.6 Å². The van der Waals surface area contributed by atoms with E-state index in [4.69, 9.17) is 14.2 Å². The monoisotopic (exact) mass is 367 g/mol. The zero-order valence-corrected chi connectivity index (χ0v) is 16.3. The zero-order valence-electron chi connectivity index (χ0n) is 16.3. The van der Waals surface area contributed by atoms with Crippen molar-refractivity contribution in [2.75, 3.05) is 7.11 Å². The standard InChI is InChI=1S/C19H29NO6/c1-7-12(2)25-15-9-8-13(11-16(15)24-6)10-14(17(21)22)20-18(23)26-19(3,4)5/h8-9,11-12,14H,7,10H2,1-6H3,(H,20,23)(H,21,22). The lowest BCUT2D eigenvalue weighted by molar-refractivity contribution is -0.139. The first-order valence-electron chi connectivity index (χ1n) is 8.61. The molecule has 0 radical (unpaired) electrons. The Morgan fingerprint density at radius 1 is 1.23 bits per heavy atom. The van der Waals surface area contributed by atoms with Gasteiger partial charge in [0.05, 0.1) is 13.2 Å². The van der Waals surface area contributed by atoms with Crippen LogP contribution in [0.1, 0.15) is 46.6 Å². The number of alkyl carbamates (subject to hydrolysis) is 1. The van der Waals surface area contributed by atoms with Crippen LogP contribution in [0.4, 0.5) is 4.79 Å². The lowest BCUT2D eigenvalue weighted by atomic mass is 10.1. The molecular formula is C19H29NO6. The zero-order chi connectivity index (χ0) is 19.9. The molecule has 0 aliphatic carbocycles. The van der Waals surface area contributed by atoms with Crippen LogP contribution in [0.5, 0.6) is 11.5 Å². The van der Waals surface area contributed by atoms with Crippen molar-refractivity contribution < 1.29 is 28.9 Å². The van der Waals surface area contributed by atoms with Gasteiger partial charge in [0.25, 0.3) is 0 Å². The molecule has 0 spiro atoms. The van der Waals surface area contributed by atoms with Crippen molar-refractivity contribution in [3.05, 3.63) is 23.8 Å². The minimum absolute atomic E-state index is 0.0374. The van der Waals surface area contributed by atoms with Crippen molar-refractivity contribution in [2.24, 2.45) is 0 Å². The van der Waals surface area contributed by atoms with E-state index in [0.29, 0.717) is 17.1 Å². The molecule has 2 N–H and O–H groups in total. The summed E-state index contributed by atoms with van der Waals surface area (Å²) in [6, 6.07) is 4.10. The molecule has 7 heteroatoms. The van der Waals surface area contributed by atoms with E-state index in [0.717, 1.165) is 6.42 Å². The second kappa shape index (κ2) is 9.31. The van der Waals surface area contributed by atoms with Crippen molar-refractivity contribution in [2.45, 2.75) is 65.2 Å². The molecule has 26 heavy (non-hydrogen) atoms. The SMILES string of the molecule is CCC(C)Oc1ccc(CC(NC(=O)OC(C)(C)C)C(=O)O)cc1OC. The summed E-state index contributed by atoms with van der Waals surface area (Å²) in [5.74, 6) is -0.0310. The number of amides is 1.